The molecule has 0 N–H and O–H groups in total. The normalized spacial score (nSPS) is 25.4. The van der Waals surface area contributed by atoms with E-state index in [1.807, 2.05) is 0 Å². The summed E-state index contributed by atoms with van der Waals surface area (Å²) in [4.78, 5) is 0. The lowest BCUT2D eigenvalue weighted by Crippen LogP contribution is -2.24. The lowest BCUT2D eigenvalue weighted by Gasteiger charge is -2.27. The predicted molar refractivity (Wildman–Crippen MR) is 66.1 cm³/mol. The fourth-order valence-electron chi connectivity index (χ4n) is 2.23. The Balaban J connectivity index is 2.05. The predicted octanol–water partition coefficient (Wildman–Crippen LogP) is 4.55. The first-order valence-electron chi connectivity index (χ1n) is 5.77. The first kappa shape index (κ1) is 11.9. The van der Waals surface area contributed by atoms with Crippen LogP contribution in [-0.2, 0) is 0 Å². The van der Waals surface area contributed by atoms with Crippen molar-refractivity contribution in [3.63, 3.8) is 0 Å². The highest BCUT2D eigenvalue weighted by Crippen LogP contribution is 2.29. The molecule has 1 aromatic rings. The molecule has 0 spiro atoms. The molecule has 0 bridgehead atoms. The second kappa shape index (κ2) is 5.17. The van der Waals surface area contributed by atoms with Gasteiger partial charge in [0.1, 0.15) is 0 Å². The highest BCUT2D eigenvalue weighted by Gasteiger charge is 2.21. The van der Waals surface area contributed by atoms with Gasteiger partial charge in [0.25, 0.3) is 0 Å². The molecule has 0 heterocycles. The van der Waals surface area contributed by atoms with Gasteiger partial charge >= 0.3 is 0 Å². The quantitative estimate of drug-likeness (QED) is 0.775. The average Bonchev–Trinajstić information content (AvgIpc) is 2.24. The summed E-state index contributed by atoms with van der Waals surface area (Å²) in [6.45, 7) is 2.23. The molecule has 1 saturated carbocycles. The minimum Gasteiger partial charge on any atom is -0.487 e. The topological polar surface area (TPSA) is 9.23 Å². The van der Waals surface area contributed by atoms with Crippen LogP contribution >= 0.6 is 15.9 Å². The van der Waals surface area contributed by atoms with Crippen LogP contribution in [0.3, 0.4) is 0 Å². The third kappa shape index (κ3) is 2.97. The molecule has 1 aliphatic rings. The van der Waals surface area contributed by atoms with Gasteiger partial charge in [-0.05, 0) is 43.4 Å². The minimum absolute atomic E-state index is 0.174. The second-order valence-corrected chi connectivity index (χ2v) is 5.50. The zero-order valence-corrected chi connectivity index (χ0v) is 11.0. The molecule has 0 aliphatic heterocycles. The first-order valence-corrected chi connectivity index (χ1v) is 6.56. The lowest BCUT2D eigenvalue weighted by molar-refractivity contribution is 0.124. The van der Waals surface area contributed by atoms with Crippen molar-refractivity contribution < 1.29 is 9.13 Å². The Morgan fingerprint density at radius 1 is 1.38 bits per heavy atom. The lowest BCUT2D eigenvalue weighted by atomic mass is 9.89. The summed E-state index contributed by atoms with van der Waals surface area (Å²) in [7, 11) is 0. The van der Waals surface area contributed by atoms with Crippen molar-refractivity contribution in [2.24, 2.45) is 5.92 Å². The number of rotatable bonds is 2. The van der Waals surface area contributed by atoms with E-state index in [4.69, 9.17) is 4.74 Å². The average molecular weight is 287 g/mol. The van der Waals surface area contributed by atoms with Gasteiger partial charge in [-0.2, -0.15) is 0 Å². The van der Waals surface area contributed by atoms with E-state index in [1.165, 1.54) is 18.9 Å². The molecule has 1 nitrogen and oxygen atoms in total. The summed E-state index contributed by atoms with van der Waals surface area (Å²) < 4.78 is 20.1. The minimum atomic E-state index is -0.276. The highest BCUT2D eigenvalue weighted by molar-refractivity contribution is 9.10. The van der Waals surface area contributed by atoms with Crippen LogP contribution in [0.1, 0.15) is 32.6 Å². The van der Waals surface area contributed by atoms with E-state index in [0.717, 1.165) is 17.3 Å². The Bertz CT molecular complexity index is 367. The van der Waals surface area contributed by atoms with Crippen molar-refractivity contribution in [3.05, 3.63) is 28.5 Å². The van der Waals surface area contributed by atoms with E-state index >= 15 is 0 Å². The maximum atomic E-state index is 13.5. The first-order chi connectivity index (χ1) is 7.65. The summed E-state index contributed by atoms with van der Waals surface area (Å²) >= 11 is 3.33. The van der Waals surface area contributed by atoms with Gasteiger partial charge in [-0.25, -0.2) is 4.39 Å². The molecular formula is C13H16BrFO. The van der Waals surface area contributed by atoms with Gasteiger partial charge in [0.15, 0.2) is 11.6 Å². The van der Waals surface area contributed by atoms with Crippen molar-refractivity contribution in [1.29, 1.82) is 0 Å². The van der Waals surface area contributed by atoms with Gasteiger partial charge in [0.2, 0.25) is 0 Å². The Morgan fingerprint density at radius 2 is 2.19 bits per heavy atom. The van der Waals surface area contributed by atoms with Crippen molar-refractivity contribution in [3.8, 4) is 5.75 Å². The molecule has 0 radical (unpaired) electrons. The molecule has 3 heteroatoms. The highest BCUT2D eigenvalue weighted by atomic mass is 79.9. The van der Waals surface area contributed by atoms with E-state index in [-0.39, 0.29) is 11.9 Å². The molecule has 1 fully saturated rings. The monoisotopic (exact) mass is 286 g/mol. The fourth-order valence-corrected chi connectivity index (χ4v) is 2.57. The van der Waals surface area contributed by atoms with Gasteiger partial charge in [-0.1, -0.05) is 29.3 Å². The van der Waals surface area contributed by atoms with Gasteiger partial charge in [0, 0.05) is 4.47 Å². The Morgan fingerprint density at radius 3 is 2.94 bits per heavy atom. The van der Waals surface area contributed by atoms with Crippen LogP contribution in [0.4, 0.5) is 4.39 Å². The molecule has 2 atom stereocenters. The molecule has 0 amide bonds. The van der Waals surface area contributed by atoms with Crippen LogP contribution in [0.5, 0.6) is 5.75 Å². The fraction of sp³-hybridized carbons (Fsp3) is 0.538. The number of halogens is 2. The smallest absolute Gasteiger partial charge is 0.165 e. The molecule has 2 unspecified atom stereocenters. The largest absolute Gasteiger partial charge is 0.487 e. The zero-order valence-electron chi connectivity index (χ0n) is 9.38. The molecule has 88 valence electrons. The number of hydrogen-bond donors (Lipinski definition) is 0. The maximum Gasteiger partial charge on any atom is 0.165 e. The molecule has 0 saturated heterocycles. The summed E-state index contributed by atoms with van der Waals surface area (Å²) in [5.74, 6) is 0.781. The molecular weight excluding hydrogens is 271 g/mol. The Labute approximate surface area is 104 Å². The number of benzene rings is 1. The van der Waals surface area contributed by atoms with E-state index < -0.39 is 0 Å². The maximum absolute atomic E-state index is 13.5. The van der Waals surface area contributed by atoms with Gasteiger partial charge < -0.3 is 4.74 Å². The molecule has 2 rings (SSSR count). The van der Waals surface area contributed by atoms with Crippen LogP contribution in [0, 0.1) is 11.7 Å². The molecule has 0 aromatic heterocycles. The van der Waals surface area contributed by atoms with Crippen molar-refractivity contribution >= 4 is 15.9 Å². The van der Waals surface area contributed by atoms with Crippen molar-refractivity contribution in [2.75, 3.05) is 0 Å². The third-order valence-corrected chi connectivity index (χ3v) is 3.57. The summed E-state index contributed by atoms with van der Waals surface area (Å²) in [5.41, 5.74) is 0. The van der Waals surface area contributed by atoms with E-state index in [0.29, 0.717) is 11.7 Å². The Hall–Kier alpha value is -0.570. The van der Waals surface area contributed by atoms with E-state index in [9.17, 15) is 4.39 Å². The summed E-state index contributed by atoms with van der Waals surface area (Å²) in [5, 5.41) is 0. The van der Waals surface area contributed by atoms with Gasteiger partial charge in [0.05, 0.1) is 6.10 Å². The summed E-state index contributed by atoms with van der Waals surface area (Å²) in [6.07, 6.45) is 4.69. The van der Waals surface area contributed by atoms with Crippen LogP contribution in [0.15, 0.2) is 22.7 Å². The van der Waals surface area contributed by atoms with Crippen LogP contribution in [0.25, 0.3) is 0 Å². The standard InChI is InChI=1S/C13H16BrFO/c1-9-3-2-4-11(7-9)16-13-8-10(14)5-6-12(13)15/h5-6,8-9,11H,2-4,7H2,1H3. The van der Waals surface area contributed by atoms with E-state index in [2.05, 4.69) is 22.9 Å². The van der Waals surface area contributed by atoms with Crippen LogP contribution in [-0.4, -0.2) is 6.10 Å². The molecule has 1 aliphatic carbocycles. The van der Waals surface area contributed by atoms with Crippen LogP contribution in [0.2, 0.25) is 0 Å². The Kier molecular flexibility index (Phi) is 3.85. The second-order valence-electron chi connectivity index (χ2n) is 4.59. The van der Waals surface area contributed by atoms with Gasteiger partial charge in [-0.3, -0.25) is 0 Å². The van der Waals surface area contributed by atoms with Crippen molar-refractivity contribution in [2.45, 2.75) is 38.7 Å². The third-order valence-electron chi connectivity index (χ3n) is 3.08. The SMILES string of the molecule is CC1CCCC(Oc2cc(Br)ccc2F)C1. The van der Waals surface area contributed by atoms with E-state index in [1.54, 1.807) is 12.1 Å². The molecule has 16 heavy (non-hydrogen) atoms. The molecule has 1 aromatic carbocycles. The van der Waals surface area contributed by atoms with Crippen LogP contribution < -0.4 is 4.74 Å². The number of hydrogen-bond acceptors (Lipinski definition) is 1. The van der Waals surface area contributed by atoms with Gasteiger partial charge in [-0.15, -0.1) is 0 Å². The summed E-state index contributed by atoms with van der Waals surface area (Å²) in [6, 6.07) is 4.83. The number of ether oxygens (including phenoxy) is 1. The zero-order chi connectivity index (χ0) is 11.5. The van der Waals surface area contributed by atoms with Crippen molar-refractivity contribution in [1.82, 2.24) is 0 Å².